The van der Waals surface area contributed by atoms with E-state index in [1.807, 2.05) is 48.5 Å². The number of ether oxygens (including phenoxy) is 1. The van der Waals surface area contributed by atoms with Crippen molar-refractivity contribution >= 4 is 11.7 Å². The summed E-state index contributed by atoms with van der Waals surface area (Å²) in [5.74, 6) is 0.895. The quantitative estimate of drug-likeness (QED) is 0.539. The molecule has 2 aromatic carbocycles. The van der Waals surface area contributed by atoms with Crippen LogP contribution in [0.3, 0.4) is 0 Å². The standard InChI is InChI=1S/C23H26N4O2/c1-17(18-10-5-3-6-11-18)25-21-16-20(23(28)24-14-9-15-29-2)26-22(27-21)19-12-7-4-8-13-19/h3-8,10-13,16-17H,9,14-15H2,1-2H3,(H,24,28)(H,25,26,27). The van der Waals surface area contributed by atoms with Gasteiger partial charge in [-0.1, -0.05) is 60.7 Å². The molecule has 0 aliphatic carbocycles. The van der Waals surface area contributed by atoms with E-state index < -0.39 is 0 Å². The molecule has 150 valence electrons. The Labute approximate surface area is 171 Å². The van der Waals surface area contributed by atoms with Gasteiger partial charge >= 0.3 is 0 Å². The van der Waals surface area contributed by atoms with E-state index in [-0.39, 0.29) is 11.9 Å². The van der Waals surface area contributed by atoms with E-state index in [0.29, 0.717) is 30.5 Å². The van der Waals surface area contributed by atoms with Gasteiger partial charge in [-0.2, -0.15) is 0 Å². The molecule has 0 radical (unpaired) electrons. The zero-order chi connectivity index (χ0) is 20.5. The molecule has 1 heterocycles. The van der Waals surface area contributed by atoms with Crippen LogP contribution in [0.15, 0.2) is 66.7 Å². The number of anilines is 1. The van der Waals surface area contributed by atoms with Crippen LogP contribution in [0, 0.1) is 0 Å². The van der Waals surface area contributed by atoms with Crippen LogP contribution in [-0.2, 0) is 4.74 Å². The van der Waals surface area contributed by atoms with Gasteiger partial charge in [0.25, 0.3) is 5.91 Å². The second kappa shape index (κ2) is 10.3. The van der Waals surface area contributed by atoms with Crippen LogP contribution in [0.2, 0.25) is 0 Å². The number of hydrogen-bond donors (Lipinski definition) is 2. The number of amides is 1. The number of methoxy groups -OCH3 is 1. The first-order chi connectivity index (χ1) is 14.2. The summed E-state index contributed by atoms with van der Waals surface area (Å²) in [6.45, 7) is 3.19. The molecule has 0 bridgehead atoms. The molecular formula is C23H26N4O2. The first-order valence-corrected chi connectivity index (χ1v) is 9.70. The Kier molecular flexibility index (Phi) is 7.30. The molecule has 1 unspecified atom stereocenters. The fourth-order valence-corrected chi connectivity index (χ4v) is 2.91. The predicted octanol–water partition coefficient (Wildman–Crippen LogP) is 4.08. The SMILES string of the molecule is COCCCNC(=O)c1cc(NC(C)c2ccccc2)nc(-c2ccccc2)n1. The lowest BCUT2D eigenvalue weighted by Crippen LogP contribution is -2.26. The van der Waals surface area contributed by atoms with Crippen LogP contribution < -0.4 is 10.6 Å². The fraction of sp³-hybridized carbons (Fsp3) is 0.261. The third-order valence-electron chi connectivity index (χ3n) is 4.47. The summed E-state index contributed by atoms with van der Waals surface area (Å²) < 4.78 is 5.02. The van der Waals surface area contributed by atoms with Gasteiger partial charge in [0.1, 0.15) is 11.5 Å². The topological polar surface area (TPSA) is 76.1 Å². The van der Waals surface area contributed by atoms with Crippen molar-refractivity contribution in [3.8, 4) is 11.4 Å². The number of nitrogens with one attached hydrogen (secondary N) is 2. The number of nitrogens with zero attached hydrogens (tertiary/aromatic N) is 2. The van der Waals surface area contributed by atoms with Crippen molar-refractivity contribution in [1.82, 2.24) is 15.3 Å². The first-order valence-electron chi connectivity index (χ1n) is 9.70. The van der Waals surface area contributed by atoms with Gasteiger partial charge in [-0.25, -0.2) is 9.97 Å². The van der Waals surface area contributed by atoms with Gasteiger partial charge in [0, 0.05) is 37.9 Å². The number of hydrogen-bond acceptors (Lipinski definition) is 5. The van der Waals surface area contributed by atoms with Crippen LogP contribution in [0.25, 0.3) is 11.4 Å². The molecule has 0 saturated heterocycles. The molecule has 0 aliphatic rings. The van der Waals surface area contributed by atoms with E-state index in [1.165, 1.54) is 0 Å². The number of rotatable bonds is 9. The van der Waals surface area contributed by atoms with Gasteiger partial charge in [0.05, 0.1) is 0 Å². The highest BCUT2D eigenvalue weighted by Gasteiger charge is 2.14. The Balaban J connectivity index is 1.85. The molecule has 1 atom stereocenters. The number of carbonyl (C=O) groups is 1. The monoisotopic (exact) mass is 390 g/mol. The Morgan fingerprint density at radius 2 is 1.72 bits per heavy atom. The van der Waals surface area contributed by atoms with Crippen LogP contribution in [-0.4, -0.2) is 36.1 Å². The Morgan fingerprint density at radius 1 is 1.03 bits per heavy atom. The van der Waals surface area contributed by atoms with Crippen molar-refractivity contribution in [2.24, 2.45) is 0 Å². The zero-order valence-corrected chi connectivity index (χ0v) is 16.8. The second-order valence-corrected chi connectivity index (χ2v) is 6.71. The number of benzene rings is 2. The van der Waals surface area contributed by atoms with Crippen molar-refractivity contribution in [3.63, 3.8) is 0 Å². The van der Waals surface area contributed by atoms with Crippen molar-refractivity contribution < 1.29 is 9.53 Å². The molecular weight excluding hydrogens is 364 g/mol. The van der Waals surface area contributed by atoms with Gasteiger partial charge in [-0.3, -0.25) is 4.79 Å². The fourth-order valence-electron chi connectivity index (χ4n) is 2.91. The van der Waals surface area contributed by atoms with Crippen molar-refractivity contribution in [2.45, 2.75) is 19.4 Å². The summed E-state index contributed by atoms with van der Waals surface area (Å²) in [5.41, 5.74) is 2.33. The van der Waals surface area contributed by atoms with E-state index in [4.69, 9.17) is 4.74 Å². The van der Waals surface area contributed by atoms with Gasteiger partial charge in [0.15, 0.2) is 5.82 Å². The largest absolute Gasteiger partial charge is 0.385 e. The van der Waals surface area contributed by atoms with Gasteiger partial charge < -0.3 is 15.4 Å². The lowest BCUT2D eigenvalue weighted by Gasteiger charge is -2.16. The lowest BCUT2D eigenvalue weighted by atomic mass is 10.1. The normalized spacial score (nSPS) is 11.7. The van der Waals surface area contributed by atoms with Crippen molar-refractivity contribution in [1.29, 1.82) is 0 Å². The highest BCUT2D eigenvalue weighted by Crippen LogP contribution is 2.22. The van der Waals surface area contributed by atoms with Crippen molar-refractivity contribution in [2.75, 3.05) is 25.6 Å². The molecule has 1 aromatic heterocycles. The molecule has 29 heavy (non-hydrogen) atoms. The second-order valence-electron chi connectivity index (χ2n) is 6.71. The predicted molar refractivity (Wildman–Crippen MR) is 115 cm³/mol. The van der Waals surface area contributed by atoms with E-state index in [9.17, 15) is 4.79 Å². The van der Waals surface area contributed by atoms with Crippen LogP contribution in [0.4, 0.5) is 5.82 Å². The minimum absolute atomic E-state index is 0.0346. The van der Waals surface area contributed by atoms with Crippen LogP contribution >= 0.6 is 0 Å². The molecule has 3 aromatic rings. The molecule has 1 amide bonds. The molecule has 6 nitrogen and oxygen atoms in total. The summed E-state index contributed by atoms with van der Waals surface area (Å²) in [6.07, 6.45) is 0.745. The highest BCUT2D eigenvalue weighted by molar-refractivity contribution is 5.93. The Bertz CT molecular complexity index is 917. The maximum Gasteiger partial charge on any atom is 0.270 e. The average molecular weight is 390 g/mol. The van der Waals surface area contributed by atoms with Gasteiger partial charge in [-0.15, -0.1) is 0 Å². The van der Waals surface area contributed by atoms with Crippen LogP contribution in [0.1, 0.15) is 35.4 Å². The minimum Gasteiger partial charge on any atom is -0.385 e. The molecule has 0 fully saturated rings. The third-order valence-corrected chi connectivity index (χ3v) is 4.47. The summed E-state index contributed by atoms with van der Waals surface area (Å²) in [5, 5.41) is 6.28. The van der Waals surface area contributed by atoms with E-state index in [1.54, 1.807) is 13.2 Å². The highest BCUT2D eigenvalue weighted by atomic mass is 16.5. The molecule has 0 aliphatic heterocycles. The zero-order valence-electron chi connectivity index (χ0n) is 16.8. The van der Waals surface area contributed by atoms with Crippen molar-refractivity contribution in [3.05, 3.63) is 78.0 Å². The summed E-state index contributed by atoms with van der Waals surface area (Å²) in [6, 6.07) is 21.5. The van der Waals surface area contributed by atoms with Gasteiger partial charge in [-0.05, 0) is 18.9 Å². The smallest absolute Gasteiger partial charge is 0.270 e. The average Bonchev–Trinajstić information content (AvgIpc) is 2.77. The lowest BCUT2D eigenvalue weighted by molar-refractivity contribution is 0.0943. The third kappa shape index (κ3) is 5.86. The van der Waals surface area contributed by atoms with E-state index in [0.717, 1.165) is 17.5 Å². The number of carbonyl (C=O) groups excluding carboxylic acids is 1. The molecule has 0 saturated carbocycles. The Morgan fingerprint density at radius 3 is 2.41 bits per heavy atom. The summed E-state index contributed by atoms with van der Waals surface area (Å²) in [4.78, 5) is 21.8. The van der Waals surface area contributed by atoms with Gasteiger partial charge in [0.2, 0.25) is 0 Å². The summed E-state index contributed by atoms with van der Waals surface area (Å²) >= 11 is 0. The maximum absolute atomic E-state index is 12.6. The molecule has 3 rings (SSSR count). The van der Waals surface area contributed by atoms with E-state index >= 15 is 0 Å². The number of aromatic nitrogens is 2. The molecule has 2 N–H and O–H groups in total. The first kappa shape index (κ1) is 20.5. The minimum atomic E-state index is -0.226. The molecule has 0 spiro atoms. The molecule has 6 heteroatoms. The Hall–Kier alpha value is -3.25. The summed E-state index contributed by atoms with van der Waals surface area (Å²) in [7, 11) is 1.64. The van der Waals surface area contributed by atoms with Crippen LogP contribution in [0.5, 0.6) is 0 Å². The maximum atomic E-state index is 12.6. The van der Waals surface area contributed by atoms with E-state index in [2.05, 4.69) is 39.7 Å².